The maximum absolute atomic E-state index is 11.4. The second-order valence-corrected chi connectivity index (χ2v) is 3.23. The summed E-state index contributed by atoms with van der Waals surface area (Å²) in [6.07, 6.45) is 1.30. The SMILES string of the molecule is O=C(Cn1ncnn1)NCc1ccccc1. The Labute approximate surface area is 92.3 Å². The van der Waals surface area contributed by atoms with Crippen molar-refractivity contribution in [1.29, 1.82) is 0 Å². The third-order valence-electron chi connectivity index (χ3n) is 2.01. The Balaban J connectivity index is 1.80. The van der Waals surface area contributed by atoms with Gasteiger partial charge in [-0.3, -0.25) is 4.79 Å². The van der Waals surface area contributed by atoms with Gasteiger partial charge in [-0.15, -0.1) is 10.2 Å². The molecule has 1 heterocycles. The molecule has 0 fully saturated rings. The quantitative estimate of drug-likeness (QED) is 0.781. The van der Waals surface area contributed by atoms with E-state index in [1.165, 1.54) is 11.1 Å². The zero-order valence-corrected chi connectivity index (χ0v) is 8.58. The highest BCUT2D eigenvalue weighted by Gasteiger charge is 2.03. The third kappa shape index (κ3) is 2.88. The molecule has 0 aliphatic heterocycles. The van der Waals surface area contributed by atoms with Crippen LogP contribution in [0.25, 0.3) is 0 Å². The van der Waals surface area contributed by atoms with Crippen molar-refractivity contribution in [1.82, 2.24) is 25.5 Å². The number of carbonyl (C=O) groups is 1. The van der Waals surface area contributed by atoms with Gasteiger partial charge in [0.15, 0.2) is 6.33 Å². The molecule has 2 rings (SSSR count). The van der Waals surface area contributed by atoms with E-state index in [0.29, 0.717) is 6.54 Å². The molecule has 1 amide bonds. The normalized spacial score (nSPS) is 10.0. The van der Waals surface area contributed by atoms with E-state index in [9.17, 15) is 4.79 Å². The summed E-state index contributed by atoms with van der Waals surface area (Å²) in [6.45, 7) is 0.598. The first-order valence-electron chi connectivity index (χ1n) is 4.86. The summed E-state index contributed by atoms with van der Waals surface area (Å²) in [5.41, 5.74) is 1.06. The molecule has 0 spiro atoms. The van der Waals surface area contributed by atoms with E-state index in [2.05, 4.69) is 20.7 Å². The molecule has 82 valence electrons. The summed E-state index contributed by atoms with van der Waals surface area (Å²) < 4.78 is 0. The van der Waals surface area contributed by atoms with E-state index >= 15 is 0 Å². The molecule has 0 atom stereocenters. The van der Waals surface area contributed by atoms with Crippen molar-refractivity contribution in [2.75, 3.05) is 0 Å². The van der Waals surface area contributed by atoms with Crippen molar-refractivity contribution in [3.05, 3.63) is 42.2 Å². The van der Waals surface area contributed by atoms with Gasteiger partial charge in [0.25, 0.3) is 0 Å². The third-order valence-corrected chi connectivity index (χ3v) is 2.01. The molecule has 2 aromatic rings. The van der Waals surface area contributed by atoms with Crippen LogP contribution in [0.15, 0.2) is 36.7 Å². The molecular formula is C10H11N5O. The smallest absolute Gasteiger partial charge is 0.243 e. The number of carbonyl (C=O) groups excluding carboxylic acids is 1. The van der Waals surface area contributed by atoms with Gasteiger partial charge in [-0.25, -0.2) is 0 Å². The largest absolute Gasteiger partial charge is 0.350 e. The number of rotatable bonds is 4. The Kier molecular flexibility index (Phi) is 3.22. The number of nitrogens with zero attached hydrogens (tertiary/aromatic N) is 4. The summed E-state index contributed by atoms with van der Waals surface area (Å²) in [5, 5.41) is 13.6. The zero-order valence-electron chi connectivity index (χ0n) is 8.58. The molecule has 0 aliphatic carbocycles. The molecule has 0 saturated heterocycles. The number of aromatic nitrogens is 4. The van der Waals surface area contributed by atoms with Crippen LogP contribution >= 0.6 is 0 Å². The second kappa shape index (κ2) is 5.01. The van der Waals surface area contributed by atoms with E-state index < -0.39 is 0 Å². The second-order valence-electron chi connectivity index (χ2n) is 3.23. The number of amides is 1. The van der Waals surface area contributed by atoms with Gasteiger partial charge in [-0.1, -0.05) is 30.3 Å². The summed E-state index contributed by atoms with van der Waals surface area (Å²) in [6, 6.07) is 9.70. The predicted molar refractivity (Wildman–Crippen MR) is 56.1 cm³/mol. The van der Waals surface area contributed by atoms with Crippen LogP contribution in [0, 0.1) is 0 Å². The topological polar surface area (TPSA) is 72.7 Å². The zero-order chi connectivity index (χ0) is 11.2. The molecule has 1 aromatic carbocycles. The Morgan fingerprint density at radius 2 is 2.12 bits per heavy atom. The van der Waals surface area contributed by atoms with Crippen molar-refractivity contribution < 1.29 is 4.79 Å². The maximum atomic E-state index is 11.4. The van der Waals surface area contributed by atoms with E-state index in [1.54, 1.807) is 0 Å². The minimum atomic E-state index is -0.137. The summed E-state index contributed by atoms with van der Waals surface area (Å²) in [7, 11) is 0. The van der Waals surface area contributed by atoms with Crippen LogP contribution < -0.4 is 5.32 Å². The molecule has 6 heteroatoms. The molecule has 1 N–H and O–H groups in total. The fraction of sp³-hybridized carbons (Fsp3) is 0.200. The van der Waals surface area contributed by atoms with Gasteiger partial charge >= 0.3 is 0 Å². The first-order chi connectivity index (χ1) is 7.84. The summed E-state index contributed by atoms with van der Waals surface area (Å²) >= 11 is 0. The highest BCUT2D eigenvalue weighted by Crippen LogP contribution is 1.96. The molecule has 0 bridgehead atoms. The van der Waals surface area contributed by atoms with Gasteiger partial charge in [-0.05, 0) is 10.8 Å². The lowest BCUT2D eigenvalue weighted by Gasteiger charge is -2.03. The average molecular weight is 217 g/mol. The molecule has 0 aliphatic rings. The maximum Gasteiger partial charge on any atom is 0.243 e. The summed E-state index contributed by atoms with van der Waals surface area (Å²) in [4.78, 5) is 12.7. The first kappa shape index (κ1) is 10.3. The van der Waals surface area contributed by atoms with Crippen molar-refractivity contribution in [3.63, 3.8) is 0 Å². The van der Waals surface area contributed by atoms with Gasteiger partial charge in [-0.2, -0.15) is 4.80 Å². The van der Waals surface area contributed by atoms with Crippen LogP contribution in [-0.2, 0) is 17.9 Å². The lowest BCUT2D eigenvalue weighted by molar-refractivity contribution is -0.122. The van der Waals surface area contributed by atoms with Crippen molar-refractivity contribution in [3.8, 4) is 0 Å². The van der Waals surface area contributed by atoms with Crippen LogP contribution in [0.1, 0.15) is 5.56 Å². The molecule has 0 unspecified atom stereocenters. The highest BCUT2D eigenvalue weighted by molar-refractivity contribution is 5.75. The lowest BCUT2D eigenvalue weighted by atomic mass is 10.2. The van der Waals surface area contributed by atoms with Crippen LogP contribution in [0.4, 0.5) is 0 Å². The minimum Gasteiger partial charge on any atom is -0.350 e. The number of hydrogen-bond donors (Lipinski definition) is 1. The number of tetrazole rings is 1. The molecule has 0 saturated carbocycles. The molecule has 0 radical (unpaired) electrons. The molecule has 6 nitrogen and oxygen atoms in total. The van der Waals surface area contributed by atoms with E-state index in [1.807, 2.05) is 30.3 Å². The van der Waals surface area contributed by atoms with E-state index in [0.717, 1.165) is 5.56 Å². The van der Waals surface area contributed by atoms with Gasteiger partial charge in [0.1, 0.15) is 6.54 Å². The molecular weight excluding hydrogens is 206 g/mol. The molecule has 1 aromatic heterocycles. The average Bonchev–Trinajstić information content (AvgIpc) is 2.81. The Hall–Kier alpha value is -2.24. The van der Waals surface area contributed by atoms with Gasteiger partial charge in [0.05, 0.1) is 0 Å². The fourth-order valence-electron chi connectivity index (χ4n) is 1.24. The highest BCUT2D eigenvalue weighted by atomic mass is 16.2. The van der Waals surface area contributed by atoms with Crippen LogP contribution in [-0.4, -0.2) is 26.1 Å². The standard InChI is InChI=1S/C10H11N5O/c16-10(7-15-13-8-12-14-15)11-6-9-4-2-1-3-5-9/h1-5,8H,6-7H2,(H,11,16). The number of hydrogen-bond acceptors (Lipinski definition) is 4. The van der Waals surface area contributed by atoms with E-state index in [-0.39, 0.29) is 12.5 Å². The Morgan fingerprint density at radius 3 is 2.81 bits per heavy atom. The van der Waals surface area contributed by atoms with Crippen molar-refractivity contribution in [2.45, 2.75) is 13.1 Å². The van der Waals surface area contributed by atoms with Gasteiger partial charge in [0, 0.05) is 6.54 Å². The Bertz CT molecular complexity index is 439. The van der Waals surface area contributed by atoms with Crippen LogP contribution in [0.3, 0.4) is 0 Å². The molecule has 16 heavy (non-hydrogen) atoms. The van der Waals surface area contributed by atoms with Crippen molar-refractivity contribution >= 4 is 5.91 Å². The minimum absolute atomic E-state index is 0.0901. The Morgan fingerprint density at radius 1 is 1.31 bits per heavy atom. The predicted octanol–water partition coefficient (Wildman–Crippen LogP) is -0.0105. The lowest BCUT2D eigenvalue weighted by Crippen LogP contribution is -2.28. The van der Waals surface area contributed by atoms with E-state index in [4.69, 9.17) is 0 Å². The summed E-state index contributed by atoms with van der Waals surface area (Å²) in [5.74, 6) is -0.137. The number of nitrogens with one attached hydrogen (secondary N) is 1. The monoisotopic (exact) mass is 217 g/mol. The number of benzene rings is 1. The van der Waals surface area contributed by atoms with Gasteiger partial charge < -0.3 is 5.32 Å². The fourth-order valence-corrected chi connectivity index (χ4v) is 1.24. The van der Waals surface area contributed by atoms with Gasteiger partial charge in [0.2, 0.25) is 5.91 Å². The van der Waals surface area contributed by atoms with Crippen molar-refractivity contribution in [2.24, 2.45) is 0 Å². The van der Waals surface area contributed by atoms with Crippen LogP contribution in [0.5, 0.6) is 0 Å². The van der Waals surface area contributed by atoms with Crippen LogP contribution in [0.2, 0.25) is 0 Å². The first-order valence-corrected chi connectivity index (χ1v) is 4.86.